The Morgan fingerprint density at radius 1 is 1.17 bits per heavy atom. The second kappa shape index (κ2) is 9.56. The van der Waals surface area contributed by atoms with Crippen LogP contribution in [-0.4, -0.2) is 48.9 Å². The summed E-state index contributed by atoms with van der Waals surface area (Å²) in [4.78, 5) is 2.37. The SMILES string of the molecule is Nc1cc(NCCCO)ccc1N1CCCCC1.O=S(=O)(O)O. The van der Waals surface area contributed by atoms with Crippen LogP contribution in [0.2, 0.25) is 0 Å². The molecule has 0 amide bonds. The van der Waals surface area contributed by atoms with Crippen molar-refractivity contribution in [2.75, 3.05) is 42.2 Å². The van der Waals surface area contributed by atoms with Crippen LogP contribution in [0.25, 0.3) is 0 Å². The number of nitrogens with one attached hydrogen (secondary N) is 1. The Morgan fingerprint density at radius 2 is 1.78 bits per heavy atom. The van der Waals surface area contributed by atoms with Crippen molar-refractivity contribution in [1.29, 1.82) is 0 Å². The molecule has 9 heteroatoms. The number of aliphatic hydroxyl groups is 1. The van der Waals surface area contributed by atoms with Gasteiger partial charge in [0.05, 0.1) is 11.4 Å². The summed E-state index contributed by atoms with van der Waals surface area (Å²) in [6.45, 7) is 3.22. The van der Waals surface area contributed by atoms with E-state index in [4.69, 9.17) is 28.4 Å². The number of hydrogen-bond donors (Lipinski definition) is 5. The van der Waals surface area contributed by atoms with E-state index in [2.05, 4.69) is 22.3 Å². The number of anilines is 3. The van der Waals surface area contributed by atoms with Crippen molar-refractivity contribution in [1.82, 2.24) is 0 Å². The van der Waals surface area contributed by atoms with Gasteiger partial charge in [-0.2, -0.15) is 8.42 Å². The predicted molar refractivity (Wildman–Crippen MR) is 91.3 cm³/mol. The Hall–Kier alpha value is -1.55. The maximum absolute atomic E-state index is 8.74. The van der Waals surface area contributed by atoms with Crippen molar-refractivity contribution in [3.63, 3.8) is 0 Å². The van der Waals surface area contributed by atoms with Gasteiger partial charge in [0, 0.05) is 31.9 Å². The molecule has 6 N–H and O–H groups in total. The lowest BCUT2D eigenvalue weighted by molar-refractivity contribution is 0.292. The van der Waals surface area contributed by atoms with Crippen LogP contribution in [0, 0.1) is 0 Å². The summed E-state index contributed by atoms with van der Waals surface area (Å²) in [5, 5.41) is 12.0. The first-order valence-corrected chi connectivity index (χ1v) is 8.90. The fourth-order valence-electron chi connectivity index (χ4n) is 2.40. The Bertz CT molecular complexity index is 566. The largest absolute Gasteiger partial charge is 0.397 e. The zero-order valence-corrected chi connectivity index (χ0v) is 13.8. The van der Waals surface area contributed by atoms with E-state index in [1.54, 1.807) is 0 Å². The fraction of sp³-hybridized carbons (Fsp3) is 0.571. The zero-order valence-electron chi connectivity index (χ0n) is 13.0. The third-order valence-corrected chi connectivity index (χ3v) is 3.39. The van der Waals surface area contributed by atoms with Gasteiger partial charge in [-0.25, -0.2) is 0 Å². The molecule has 2 rings (SSSR count). The number of hydrogen-bond acceptors (Lipinski definition) is 6. The van der Waals surface area contributed by atoms with Gasteiger partial charge in [-0.3, -0.25) is 9.11 Å². The lowest BCUT2D eigenvalue weighted by atomic mass is 10.1. The normalized spacial score (nSPS) is 14.8. The number of piperidine rings is 1. The smallest absolute Gasteiger partial charge is 0.394 e. The van der Waals surface area contributed by atoms with Crippen LogP contribution in [0.15, 0.2) is 18.2 Å². The topological polar surface area (TPSA) is 136 Å². The quantitative estimate of drug-likeness (QED) is 0.306. The Labute approximate surface area is 136 Å². The van der Waals surface area contributed by atoms with Crippen molar-refractivity contribution in [3.05, 3.63) is 18.2 Å². The summed E-state index contributed by atoms with van der Waals surface area (Å²) in [7, 11) is -4.67. The van der Waals surface area contributed by atoms with Crippen LogP contribution in [0.5, 0.6) is 0 Å². The molecule has 23 heavy (non-hydrogen) atoms. The molecule has 1 aliphatic rings. The predicted octanol–water partition coefficient (Wildman–Crippen LogP) is 1.40. The Morgan fingerprint density at radius 3 is 2.30 bits per heavy atom. The van der Waals surface area contributed by atoms with Crippen LogP contribution >= 0.6 is 0 Å². The number of nitrogens with zero attached hydrogens (tertiary/aromatic N) is 1. The van der Waals surface area contributed by atoms with Crippen molar-refractivity contribution in [2.24, 2.45) is 0 Å². The third kappa shape index (κ3) is 8.60. The number of nitrogens with two attached hydrogens (primary N) is 1. The van der Waals surface area contributed by atoms with E-state index in [1.165, 1.54) is 19.3 Å². The molecular weight excluding hydrogens is 322 g/mol. The molecule has 0 radical (unpaired) electrons. The van der Waals surface area contributed by atoms with Crippen LogP contribution in [0.1, 0.15) is 25.7 Å². The van der Waals surface area contributed by atoms with E-state index in [1.807, 2.05) is 6.07 Å². The highest BCUT2D eigenvalue weighted by Gasteiger charge is 2.13. The van der Waals surface area contributed by atoms with E-state index in [0.29, 0.717) is 0 Å². The van der Waals surface area contributed by atoms with Gasteiger partial charge in [-0.15, -0.1) is 0 Å². The molecule has 8 nitrogen and oxygen atoms in total. The molecule has 1 aromatic carbocycles. The Kier molecular flexibility index (Phi) is 8.10. The second-order valence-electron chi connectivity index (χ2n) is 5.27. The van der Waals surface area contributed by atoms with E-state index < -0.39 is 10.4 Å². The molecular formula is C14H25N3O5S. The first-order chi connectivity index (χ1) is 10.8. The molecule has 1 aromatic rings. The average Bonchev–Trinajstić information content (AvgIpc) is 2.47. The standard InChI is InChI=1S/C14H23N3O.H2O4S/c15-13-11-12(16-7-4-10-18)5-6-14(13)17-8-2-1-3-9-17;1-5(2,3)4/h5-6,11,16,18H,1-4,7-10,15H2;(H2,1,2,3,4). The monoisotopic (exact) mass is 347 g/mol. The lowest BCUT2D eigenvalue weighted by Gasteiger charge is -2.30. The van der Waals surface area contributed by atoms with Crippen molar-refractivity contribution in [2.45, 2.75) is 25.7 Å². The van der Waals surface area contributed by atoms with Crippen LogP contribution in [0.4, 0.5) is 17.1 Å². The van der Waals surface area contributed by atoms with Gasteiger partial charge in [0.1, 0.15) is 0 Å². The fourth-order valence-corrected chi connectivity index (χ4v) is 2.40. The molecule has 132 valence electrons. The maximum atomic E-state index is 8.74. The maximum Gasteiger partial charge on any atom is 0.394 e. The number of rotatable bonds is 5. The number of nitrogen functional groups attached to an aromatic ring is 1. The van der Waals surface area contributed by atoms with Gasteiger partial charge in [-0.05, 0) is 43.9 Å². The second-order valence-corrected chi connectivity index (χ2v) is 6.17. The van der Waals surface area contributed by atoms with Crippen LogP contribution in [-0.2, 0) is 10.4 Å². The molecule has 0 aromatic heterocycles. The van der Waals surface area contributed by atoms with Gasteiger partial charge in [0.15, 0.2) is 0 Å². The number of aliphatic hydroxyl groups excluding tert-OH is 1. The van der Waals surface area contributed by atoms with Crippen LogP contribution in [0.3, 0.4) is 0 Å². The van der Waals surface area contributed by atoms with Crippen LogP contribution < -0.4 is 16.0 Å². The van der Waals surface area contributed by atoms with E-state index in [0.717, 1.165) is 43.1 Å². The van der Waals surface area contributed by atoms with Crippen molar-refractivity contribution in [3.8, 4) is 0 Å². The first-order valence-electron chi connectivity index (χ1n) is 7.50. The van der Waals surface area contributed by atoms with Gasteiger partial charge in [0.2, 0.25) is 0 Å². The summed E-state index contributed by atoms with van der Waals surface area (Å²) >= 11 is 0. The minimum atomic E-state index is -4.67. The summed E-state index contributed by atoms with van der Waals surface area (Å²) in [6.07, 6.45) is 4.61. The molecule has 0 unspecified atom stereocenters. The molecule has 1 fully saturated rings. The first kappa shape index (κ1) is 19.5. The summed E-state index contributed by atoms with van der Waals surface area (Å²) in [5.74, 6) is 0. The molecule has 1 heterocycles. The van der Waals surface area contributed by atoms with Crippen molar-refractivity contribution >= 4 is 27.5 Å². The third-order valence-electron chi connectivity index (χ3n) is 3.39. The molecule has 1 aliphatic heterocycles. The molecule has 0 spiro atoms. The molecule has 0 atom stereocenters. The molecule has 0 saturated carbocycles. The highest BCUT2D eigenvalue weighted by Crippen LogP contribution is 2.28. The zero-order chi connectivity index (χ0) is 17.3. The summed E-state index contributed by atoms with van der Waals surface area (Å²) in [6, 6.07) is 6.15. The minimum Gasteiger partial charge on any atom is -0.397 e. The van der Waals surface area contributed by atoms with E-state index >= 15 is 0 Å². The summed E-state index contributed by atoms with van der Waals surface area (Å²) in [5.41, 5.74) is 9.15. The number of benzene rings is 1. The highest BCUT2D eigenvalue weighted by molar-refractivity contribution is 7.79. The van der Waals surface area contributed by atoms with Gasteiger partial charge in [-0.1, -0.05) is 0 Å². The van der Waals surface area contributed by atoms with Gasteiger partial charge in [0.25, 0.3) is 0 Å². The highest BCUT2D eigenvalue weighted by atomic mass is 32.3. The summed E-state index contributed by atoms with van der Waals surface area (Å²) < 4.78 is 31.6. The average molecular weight is 347 g/mol. The van der Waals surface area contributed by atoms with Gasteiger partial charge >= 0.3 is 10.4 Å². The van der Waals surface area contributed by atoms with Crippen molar-refractivity contribution < 1.29 is 22.6 Å². The minimum absolute atomic E-state index is 0.217. The molecule has 0 bridgehead atoms. The molecule has 0 aliphatic carbocycles. The van der Waals surface area contributed by atoms with E-state index in [9.17, 15) is 0 Å². The van der Waals surface area contributed by atoms with Gasteiger partial charge < -0.3 is 21.1 Å². The Balaban J connectivity index is 0.000000463. The van der Waals surface area contributed by atoms with E-state index in [-0.39, 0.29) is 6.61 Å². The lowest BCUT2D eigenvalue weighted by Crippen LogP contribution is -2.30. The molecule has 1 saturated heterocycles.